The van der Waals surface area contributed by atoms with Gasteiger partial charge in [0.25, 0.3) is 0 Å². The molecule has 1 fully saturated rings. The van der Waals surface area contributed by atoms with Crippen molar-refractivity contribution in [1.82, 2.24) is 19.3 Å². The highest BCUT2D eigenvalue weighted by molar-refractivity contribution is 7.71. The molecular formula is C13H20N4S. The van der Waals surface area contributed by atoms with Crippen LogP contribution in [-0.4, -0.2) is 19.3 Å². The molecule has 2 heterocycles. The Bertz CT molecular complexity index is 613. The molecule has 0 amide bonds. The Hall–Kier alpha value is -1.10. The van der Waals surface area contributed by atoms with E-state index in [1.165, 1.54) is 32.1 Å². The van der Waals surface area contributed by atoms with Crippen LogP contribution in [0, 0.1) is 17.6 Å². The molecule has 0 aliphatic heterocycles. The van der Waals surface area contributed by atoms with Gasteiger partial charge in [0, 0.05) is 13.6 Å². The molecule has 5 heteroatoms. The zero-order chi connectivity index (χ0) is 12.7. The summed E-state index contributed by atoms with van der Waals surface area (Å²) in [6.45, 7) is 3.07. The lowest BCUT2D eigenvalue weighted by atomic mass is 9.89. The van der Waals surface area contributed by atoms with Gasteiger partial charge in [0.2, 0.25) is 0 Å². The van der Waals surface area contributed by atoms with Gasteiger partial charge in [-0.05, 0) is 37.9 Å². The molecule has 0 unspecified atom stereocenters. The number of hydrogen-bond acceptors (Lipinski definition) is 2. The molecule has 3 rings (SSSR count). The van der Waals surface area contributed by atoms with Gasteiger partial charge in [0.15, 0.2) is 10.4 Å². The third-order valence-corrected chi connectivity index (χ3v) is 4.41. The van der Waals surface area contributed by atoms with Crippen molar-refractivity contribution in [2.45, 2.75) is 45.6 Å². The van der Waals surface area contributed by atoms with Gasteiger partial charge in [-0.25, -0.2) is 0 Å². The van der Waals surface area contributed by atoms with Crippen LogP contribution in [0.25, 0.3) is 11.2 Å². The maximum absolute atomic E-state index is 5.46. The van der Waals surface area contributed by atoms with Gasteiger partial charge in [-0.1, -0.05) is 19.3 Å². The molecule has 1 aliphatic carbocycles. The molecule has 0 radical (unpaired) electrons. The first kappa shape index (κ1) is 12.0. The molecule has 0 bridgehead atoms. The van der Waals surface area contributed by atoms with E-state index in [2.05, 4.69) is 14.6 Å². The van der Waals surface area contributed by atoms with Gasteiger partial charge in [-0.2, -0.15) is 5.10 Å². The third-order valence-electron chi connectivity index (χ3n) is 4.09. The summed E-state index contributed by atoms with van der Waals surface area (Å²) in [5, 5.41) is 4.46. The Balaban J connectivity index is 2.00. The Labute approximate surface area is 112 Å². The number of rotatable bonds is 2. The second kappa shape index (κ2) is 4.53. The minimum Gasteiger partial charge on any atom is -0.328 e. The lowest BCUT2D eigenvalue weighted by Crippen LogP contribution is -2.15. The smallest absolute Gasteiger partial charge is 0.179 e. The molecule has 0 saturated heterocycles. The van der Waals surface area contributed by atoms with Gasteiger partial charge in [0.1, 0.15) is 5.52 Å². The lowest BCUT2D eigenvalue weighted by molar-refractivity contribution is 0.319. The quantitative estimate of drug-likeness (QED) is 0.845. The van der Waals surface area contributed by atoms with E-state index < -0.39 is 0 Å². The zero-order valence-corrected chi connectivity index (χ0v) is 11.9. The summed E-state index contributed by atoms with van der Waals surface area (Å²) in [6, 6.07) is 0. The topological polar surface area (TPSA) is 38.5 Å². The van der Waals surface area contributed by atoms with Crippen molar-refractivity contribution in [1.29, 1.82) is 0 Å². The van der Waals surface area contributed by atoms with E-state index in [0.29, 0.717) is 0 Å². The highest BCUT2D eigenvalue weighted by Gasteiger charge is 2.18. The highest BCUT2D eigenvalue weighted by Crippen LogP contribution is 2.27. The summed E-state index contributed by atoms with van der Waals surface area (Å²) in [6.07, 6.45) is 6.82. The second-order valence-corrected chi connectivity index (χ2v) is 5.84. The normalized spacial score (nSPS) is 17.7. The molecule has 18 heavy (non-hydrogen) atoms. The van der Waals surface area contributed by atoms with Gasteiger partial charge in [0.05, 0.1) is 5.69 Å². The van der Waals surface area contributed by atoms with Crippen LogP contribution in [0.3, 0.4) is 0 Å². The first-order chi connectivity index (χ1) is 8.66. The molecule has 4 nitrogen and oxygen atoms in total. The van der Waals surface area contributed by atoms with Crippen LogP contribution in [0.5, 0.6) is 0 Å². The zero-order valence-electron chi connectivity index (χ0n) is 11.1. The third kappa shape index (κ3) is 1.90. The number of aryl methyl sites for hydroxylation is 2. The van der Waals surface area contributed by atoms with Crippen molar-refractivity contribution in [2.24, 2.45) is 13.0 Å². The fourth-order valence-corrected chi connectivity index (χ4v) is 3.43. The van der Waals surface area contributed by atoms with Gasteiger partial charge >= 0.3 is 0 Å². The summed E-state index contributed by atoms with van der Waals surface area (Å²) in [4.78, 5) is 3.30. The number of H-pyrrole nitrogens is 1. The van der Waals surface area contributed by atoms with Crippen LogP contribution in [0.4, 0.5) is 0 Å². The maximum atomic E-state index is 5.46. The number of imidazole rings is 1. The molecule has 1 aliphatic rings. The van der Waals surface area contributed by atoms with Crippen LogP contribution in [-0.2, 0) is 13.6 Å². The van der Waals surface area contributed by atoms with Gasteiger partial charge in [-0.3, -0.25) is 4.68 Å². The molecule has 1 N–H and O–H groups in total. The molecule has 98 valence electrons. The Morgan fingerprint density at radius 1 is 1.33 bits per heavy atom. The average Bonchev–Trinajstić information content (AvgIpc) is 2.81. The molecule has 2 aromatic rings. The van der Waals surface area contributed by atoms with Crippen LogP contribution in [0.15, 0.2) is 0 Å². The first-order valence-electron chi connectivity index (χ1n) is 6.79. The van der Waals surface area contributed by atoms with E-state index in [1.54, 1.807) is 0 Å². The van der Waals surface area contributed by atoms with Crippen molar-refractivity contribution >= 4 is 23.4 Å². The summed E-state index contributed by atoms with van der Waals surface area (Å²) in [5.74, 6) is 0.777. The summed E-state index contributed by atoms with van der Waals surface area (Å²) < 4.78 is 5.02. The largest absolute Gasteiger partial charge is 0.328 e. The number of hydrogen-bond donors (Lipinski definition) is 1. The molecule has 0 aromatic carbocycles. The average molecular weight is 264 g/mol. The number of fused-ring (bicyclic) bond motifs is 1. The van der Waals surface area contributed by atoms with Crippen molar-refractivity contribution < 1.29 is 0 Å². The van der Waals surface area contributed by atoms with E-state index in [-0.39, 0.29) is 0 Å². The summed E-state index contributed by atoms with van der Waals surface area (Å²) in [5.41, 5.74) is 3.27. The molecule has 1 saturated carbocycles. The molecule has 2 aromatic heterocycles. The number of nitrogens with zero attached hydrogens (tertiary/aromatic N) is 3. The Morgan fingerprint density at radius 3 is 2.78 bits per heavy atom. The van der Waals surface area contributed by atoms with E-state index in [0.717, 1.165) is 34.1 Å². The van der Waals surface area contributed by atoms with E-state index >= 15 is 0 Å². The second-order valence-electron chi connectivity index (χ2n) is 5.45. The Kier molecular flexibility index (Phi) is 3.01. The lowest BCUT2D eigenvalue weighted by Gasteiger charge is -2.22. The number of nitrogens with one attached hydrogen (secondary N) is 1. The van der Waals surface area contributed by atoms with Gasteiger partial charge < -0.3 is 9.55 Å². The predicted molar refractivity (Wildman–Crippen MR) is 75.2 cm³/mol. The predicted octanol–water partition coefficient (Wildman–Crippen LogP) is 3.32. The van der Waals surface area contributed by atoms with Gasteiger partial charge in [-0.15, -0.1) is 0 Å². The fourth-order valence-electron chi connectivity index (χ4n) is 3.17. The van der Waals surface area contributed by atoms with Crippen molar-refractivity contribution in [3.05, 3.63) is 10.5 Å². The first-order valence-corrected chi connectivity index (χ1v) is 7.19. The van der Waals surface area contributed by atoms with E-state index in [4.69, 9.17) is 12.2 Å². The van der Waals surface area contributed by atoms with Crippen molar-refractivity contribution in [2.75, 3.05) is 0 Å². The Morgan fingerprint density at radius 2 is 2.06 bits per heavy atom. The molecule has 0 atom stereocenters. The molecular weight excluding hydrogens is 244 g/mol. The monoisotopic (exact) mass is 264 g/mol. The fraction of sp³-hybridized carbons (Fsp3) is 0.692. The number of aromatic nitrogens is 4. The molecule has 0 spiro atoms. The van der Waals surface area contributed by atoms with E-state index in [1.807, 2.05) is 18.7 Å². The van der Waals surface area contributed by atoms with E-state index in [9.17, 15) is 0 Å². The van der Waals surface area contributed by atoms with Crippen molar-refractivity contribution in [3.63, 3.8) is 0 Å². The van der Waals surface area contributed by atoms with Crippen molar-refractivity contribution in [3.8, 4) is 0 Å². The van der Waals surface area contributed by atoms with Crippen LogP contribution < -0.4 is 0 Å². The maximum Gasteiger partial charge on any atom is 0.179 e. The SMILES string of the molecule is Cc1nn(C)c2c1[nH]c(=S)n2CC1CCCCC1. The van der Waals surface area contributed by atoms with Crippen LogP contribution in [0.1, 0.15) is 37.8 Å². The highest BCUT2D eigenvalue weighted by atomic mass is 32.1. The summed E-state index contributed by atoms with van der Waals surface area (Å²) in [7, 11) is 2.00. The minimum atomic E-state index is 0.777. The standard InChI is InChI=1S/C13H20N4S/c1-9-11-12(16(2)15-9)17(13(18)14-11)8-10-6-4-3-5-7-10/h10H,3-8H2,1-2H3,(H,14,18). The summed E-state index contributed by atoms with van der Waals surface area (Å²) >= 11 is 5.46. The van der Waals surface area contributed by atoms with Crippen LogP contribution in [0.2, 0.25) is 0 Å². The van der Waals surface area contributed by atoms with Crippen LogP contribution >= 0.6 is 12.2 Å². The number of aromatic amines is 1. The minimum absolute atomic E-state index is 0.777.